The number of nitrogen functional groups attached to an aromatic ring is 1. The molecule has 0 aliphatic carbocycles. The lowest BCUT2D eigenvalue weighted by Crippen LogP contribution is -2.05. The Labute approximate surface area is 147 Å². The molecule has 25 heavy (non-hydrogen) atoms. The van der Waals surface area contributed by atoms with Crippen molar-refractivity contribution in [2.45, 2.75) is 20.3 Å². The monoisotopic (exact) mass is 338 g/mol. The molecule has 0 amide bonds. The number of hydrogen-bond donors (Lipinski definition) is 1. The zero-order valence-corrected chi connectivity index (χ0v) is 14.9. The minimum Gasteiger partial charge on any atom is -0.493 e. The Balaban J connectivity index is 1.99. The highest BCUT2D eigenvalue weighted by molar-refractivity contribution is 5.45. The highest BCUT2D eigenvalue weighted by Crippen LogP contribution is 2.28. The maximum absolute atomic E-state index is 5.86. The summed E-state index contributed by atoms with van der Waals surface area (Å²) in [6.45, 7) is 4.12. The van der Waals surface area contributed by atoms with Gasteiger partial charge in [-0.3, -0.25) is 0 Å². The van der Waals surface area contributed by atoms with E-state index in [2.05, 4.69) is 42.1 Å². The van der Waals surface area contributed by atoms with Gasteiger partial charge in [-0.25, -0.2) is 4.68 Å². The molecule has 6 nitrogen and oxygen atoms in total. The maximum atomic E-state index is 5.86. The molecule has 0 aliphatic heterocycles. The third kappa shape index (κ3) is 3.57. The number of aromatic nitrogens is 3. The summed E-state index contributed by atoms with van der Waals surface area (Å²) in [6, 6.07) is 12.1. The molecular formula is C19H22N4O2. The van der Waals surface area contributed by atoms with E-state index in [1.165, 1.54) is 11.1 Å². The number of aryl methyl sites for hydroxylation is 2. The Kier molecular flexibility index (Phi) is 4.61. The second kappa shape index (κ2) is 6.84. The molecule has 0 unspecified atom stereocenters. The number of benzene rings is 2. The van der Waals surface area contributed by atoms with Crippen molar-refractivity contribution in [1.82, 2.24) is 14.8 Å². The minimum absolute atomic E-state index is 0.259. The summed E-state index contributed by atoms with van der Waals surface area (Å²) in [5.74, 6) is 2.41. The summed E-state index contributed by atoms with van der Waals surface area (Å²) in [5, 5.41) is 4.36. The number of methoxy groups -OCH3 is 2. The first-order valence-electron chi connectivity index (χ1n) is 8.01. The van der Waals surface area contributed by atoms with Crippen LogP contribution in [0.4, 0.5) is 5.95 Å². The summed E-state index contributed by atoms with van der Waals surface area (Å²) in [6.07, 6.45) is 0.581. The molecule has 2 aromatic carbocycles. The van der Waals surface area contributed by atoms with E-state index in [-0.39, 0.29) is 5.95 Å². The zero-order chi connectivity index (χ0) is 18.0. The quantitative estimate of drug-likeness (QED) is 0.774. The van der Waals surface area contributed by atoms with Gasteiger partial charge in [-0.15, -0.1) is 5.10 Å². The standard InChI is InChI=1S/C19H22N4O2/c1-12-7-13(2)9-15(8-12)23-18(21-19(20)22-23)11-14-5-6-16(24-3)17(10-14)25-4/h5-10H,11H2,1-4H3,(H2,20,22). The molecule has 1 heterocycles. The van der Waals surface area contributed by atoms with Crippen molar-refractivity contribution in [2.75, 3.05) is 20.0 Å². The Morgan fingerprint density at radius 3 is 2.28 bits per heavy atom. The first-order valence-corrected chi connectivity index (χ1v) is 8.01. The number of hydrogen-bond acceptors (Lipinski definition) is 5. The van der Waals surface area contributed by atoms with Crippen molar-refractivity contribution in [3.8, 4) is 17.2 Å². The number of ether oxygens (including phenoxy) is 2. The van der Waals surface area contributed by atoms with Crippen LogP contribution in [0.2, 0.25) is 0 Å². The molecule has 0 fully saturated rings. The van der Waals surface area contributed by atoms with Gasteiger partial charge in [-0.05, 0) is 54.8 Å². The summed E-state index contributed by atoms with van der Waals surface area (Å²) >= 11 is 0. The van der Waals surface area contributed by atoms with Gasteiger partial charge in [0.15, 0.2) is 11.5 Å². The molecule has 3 aromatic rings. The van der Waals surface area contributed by atoms with Crippen LogP contribution in [0.1, 0.15) is 22.5 Å². The van der Waals surface area contributed by atoms with E-state index in [9.17, 15) is 0 Å². The van der Waals surface area contributed by atoms with Crippen molar-refractivity contribution in [3.05, 3.63) is 58.9 Å². The number of nitrogens with two attached hydrogens (primary N) is 1. The van der Waals surface area contributed by atoms with E-state index in [1.54, 1.807) is 18.9 Å². The van der Waals surface area contributed by atoms with Crippen LogP contribution in [0.25, 0.3) is 5.69 Å². The maximum Gasteiger partial charge on any atom is 0.240 e. The minimum atomic E-state index is 0.259. The predicted molar refractivity (Wildman–Crippen MR) is 97.6 cm³/mol. The van der Waals surface area contributed by atoms with Gasteiger partial charge in [0.05, 0.1) is 19.9 Å². The molecule has 6 heteroatoms. The van der Waals surface area contributed by atoms with E-state index in [0.717, 1.165) is 17.1 Å². The molecule has 130 valence electrons. The van der Waals surface area contributed by atoms with Gasteiger partial charge in [0.1, 0.15) is 5.82 Å². The fraction of sp³-hybridized carbons (Fsp3) is 0.263. The van der Waals surface area contributed by atoms with E-state index < -0.39 is 0 Å². The summed E-state index contributed by atoms with van der Waals surface area (Å²) in [7, 11) is 3.24. The fourth-order valence-corrected chi connectivity index (χ4v) is 2.93. The Bertz CT molecular complexity index is 882. The summed E-state index contributed by atoms with van der Waals surface area (Å²) in [5.41, 5.74) is 10.2. The Hall–Kier alpha value is -3.02. The zero-order valence-electron chi connectivity index (χ0n) is 14.9. The van der Waals surface area contributed by atoms with Gasteiger partial charge in [-0.1, -0.05) is 12.1 Å². The van der Waals surface area contributed by atoms with Crippen LogP contribution >= 0.6 is 0 Å². The molecule has 0 saturated heterocycles. The topological polar surface area (TPSA) is 75.2 Å². The van der Waals surface area contributed by atoms with Crippen LogP contribution < -0.4 is 15.2 Å². The summed E-state index contributed by atoms with van der Waals surface area (Å²) < 4.78 is 12.5. The predicted octanol–water partition coefficient (Wildman–Crippen LogP) is 3.07. The average Bonchev–Trinajstić information content (AvgIpc) is 2.94. The molecule has 0 saturated carbocycles. The van der Waals surface area contributed by atoms with Gasteiger partial charge < -0.3 is 15.2 Å². The van der Waals surface area contributed by atoms with E-state index in [0.29, 0.717) is 17.9 Å². The van der Waals surface area contributed by atoms with Crippen LogP contribution in [-0.4, -0.2) is 29.0 Å². The summed E-state index contributed by atoms with van der Waals surface area (Å²) in [4.78, 5) is 4.40. The van der Waals surface area contributed by atoms with Crippen LogP contribution in [0.3, 0.4) is 0 Å². The van der Waals surface area contributed by atoms with Crippen molar-refractivity contribution in [2.24, 2.45) is 0 Å². The second-order valence-corrected chi connectivity index (χ2v) is 6.01. The van der Waals surface area contributed by atoms with E-state index >= 15 is 0 Å². The van der Waals surface area contributed by atoms with Crippen molar-refractivity contribution in [1.29, 1.82) is 0 Å². The van der Waals surface area contributed by atoms with E-state index in [1.807, 2.05) is 18.2 Å². The van der Waals surface area contributed by atoms with Gasteiger partial charge in [0.2, 0.25) is 5.95 Å². The number of anilines is 1. The van der Waals surface area contributed by atoms with Crippen LogP contribution in [0.15, 0.2) is 36.4 Å². The van der Waals surface area contributed by atoms with Crippen LogP contribution in [0.5, 0.6) is 11.5 Å². The fourth-order valence-electron chi connectivity index (χ4n) is 2.93. The lowest BCUT2D eigenvalue weighted by atomic mass is 10.1. The smallest absolute Gasteiger partial charge is 0.240 e. The van der Waals surface area contributed by atoms with E-state index in [4.69, 9.17) is 15.2 Å². The molecule has 1 aromatic heterocycles. The van der Waals surface area contributed by atoms with Crippen LogP contribution in [0, 0.1) is 13.8 Å². The molecule has 0 radical (unpaired) electrons. The van der Waals surface area contributed by atoms with Gasteiger partial charge in [0.25, 0.3) is 0 Å². The lowest BCUT2D eigenvalue weighted by Gasteiger charge is -2.11. The largest absolute Gasteiger partial charge is 0.493 e. The molecule has 0 spiro atoms. The van der Waals surface area contributed by atoms with Gasteiger partial charge in [0, 0.05) is 6.42 Å². The van der Waals surface area contributed by atoms with Crippen LogP contribution in [-0.2, 0) is 6.42 Å². The highest BCUT2D eigenvalue weighted by atomic mass is 16.5. The molecular weight excluding hydrogens is 316 g/mol. The first-order chi connectivity index (χ1) is 12.0. The molecule has 0 aliphatic rings. The Morgan fingerprint density at radius 1 is 0.960 bits per heavy atom. The molecule has 2 N–H and O–H groups in total. The molecule has 0 atom stereocenters. The third-order valence-corrected chi connectivity index (χ3v) is 3.95. The Morgan fingerprint density at radius 2 is 1.64 bits per heavy atom. The first kappa shape index (κ1) is 16.8. The highest BCUT2D eigenvalue weighted by Gasteiger charge is 2.13. The molecule has 3 rings (SSSR count). The lowest BCUT2D eigenvalue weighted by molar-refractivity contribution is 0.354. The van der Waals surface area contributed by atoms with Crippen molar-refractivity contribution >= 4 is 5.95 Å². The van der Waals surface area contributed by atoms with Crippen molar-refractivity contribution in [3.63, 3.8) is 0 Å². The SMILES string of the molecule is COc1ccc(Cc2nc(N)nn2-c2cc(C)cc(C)c2)cc1OC. The second-order valence-electron chi connectivity index (χ2n) is 6.01. The number of rotatable bonds is 5. The van der Waals surface area contributed by atoms with Gasteiger partial charge >= 0.3 is 0 Å². The number of nitrogens with zero attached hydrogens (tertiary/aromatic N) is 3. The average molecular weight is 338 g/mol. The third-order valence-electron chi connectivity index (χ3n) is 3.95. The van der Waals surface area contributed by atoms with Crippen molar-refractivity contribution < 1.29 is 9.47 Å². The normalized spacial score (nSPS) is 10.7. The van der Waals surface area contributed by atoms with Gasteiger partial charge in [-0.2, -0.15) is 4.98 Å². The molecule has 0 bridgehead atoms.